The molecule has 0 radical (unpaired) electrons. The molecule has 0 bridgehead atoms. The van der Waals surface area contributed by atoms with Crippen molar-refractivity contribution in [1.82, 2.24) is 0 Å². The van der Waals surface area contributed by atoms with E-state index in [2.05, 4.69) is 40.4 Å². The summed E-state index contributed by atoms with van der Waals surface area (Å²) in [5.74, 6) is 0. The van der Waals surface area contributed by atoms with Crippen molar-refractivity contribution in [2.24, 2.45) is 0 Å². The smallest absolute Gasteiger partial charge is 0.0272 e. The predicted molar refractivity (Wildman–Crippen MR) is 48.1 cm³/mol. The van der Waals surface area contributed by atoms with Gasteiger partial charge < -0.3 is 0 Å². The van der Waals surface area contributed by atoms with Crippen molar-refractivity contribution in [3.8, 4) is 0 Å². The van der Waals surface area contributed by atoms with Gasteiger partial charge in [-0.25, -0.2) is 0 Å². The van der Waals surface area contributed by atoms with E-state index in [1.165, 1.54) is 4.48 Å². The Bertz CT molecular complexity index is 149. The summed E-state index contributed by atoms with van der Waals surface area (Å²) >= 11 is 5.36. The molecule has 0 aromatic rings. The van der Waals surface area contributed by atoms with Crippen LogP contribution in [0.5, 0.6) is 0 Å². The molecule has 50 valence electrons. The molecule has 1 atom stereocenters. The zero-order valence-corrected chi connectivity index (χ0v) is 7.71. The number of allylic oxidation sites excluding steroid dienone is 3. The zero-order valence-electron chi connectivity index (χ0n) is 5.30. The van der Waals surface area contributed by atoms with Crippen molar-refractivity contribution in [2.45, 2.75) is 11.7 Å². The summed E-state index contributed by atoms with van der Waals surface area (Å²) in [7, 11) is 0. The molecule has 1 aliphatic rings. The van der Waals surface area contributed by atoms with Crippen LogP contribution in [0.15, 0.2) is 22.7 Å². The van der Waals surface area contributed by atoms with Gasteiger partial charge in [0.25, 0.3) is 0 Å². The number of rotatable bonds is 1. The van der Waals surface area contributed by atoms with E-state index >= 15 is 0 Å². The summed E-state index contributed by atoms with van der Waals surface area (Å²) in [6.45, 7) is 0. The van der Waals surface area contributed by atoms with Gasteiger partial charge in [0, 0.05) is 5.25 Å². The fraction of sp³-hybridized carbons (Fsp3) is 0.429. The van der Waals surface area contributed by atoms with Gasteiger partial charge in [0.05, 0.1) is 0 Å². The van der Waals surface area contributed by atoms with Gasteiger partial charge in [0.2, 0.25) is 0 Å². The largest absolute Gasteiger partial charge is 0.157 e. The molecule has 1 aliphatic carbocycles. The van der Waals surface area contributed by atoms with E-state index in [9.17, 15) is 0 Å². The van der Waals surface area contributed by atoms with Crippen LogP contribution in [-0.2, 0) is 0 Å². The van der Waals surface area contributed by atoms with E-state index in [4.69, 9.17) is 0 Å². The van der Waals surface area contributed by atoms with Gasteiger partial charge in [-0.2, -0.15) is 11.8 Å². The highest BCUT2D eigenvalue weighted by Gasteiger charge is 2.06. The third-order valence-corrected chi connectivity index (χ3v) is 2.82. The van der Waals surface area contributed by atoms with Crippen LogP contribution >= 0.6 is 27.7 Å². The second-order valence-corrected chi connectivity index (χ2v) is 4.07. The number of hydrogen-bond donors (Lipinski definition) is 0. The Morgan fingerprint density at radius 1 is 1.78 bits per heavy atom. The molecule has 0 aromatic heterocycles. The van der Waals surface area contributed by atoms with Crippen molar-refractivity contribution in [3.63, 3.8) is 0 Å². The lowest BCUT2D eigenvalue weighted by Gasteiger charge is -2.11. The summed E-state index contributed by atoms with van der Waals surface area (Å²) in [5.41, 5.74) is 0. The number of halogens is 1. The molecular weight excluding hydrogens is 196 g/mol. The Balaban J connectivity index is 2.51. The molecule has 0 fully saturated rings. The average molecular weight is 205 g/mol. The van der Waals surface area contributed by atoms with E-state index < -0.39 is 0 Å². The maximum absolute atomic E-state index is 3.47. The van der Waals surface area contributed by atoms with Crippen LogP contribution in [0.1, 0.15) is 6.42 Å². The number of thioether (sulfide) groups is 1. The van der Waals surface area contributed by atoms with Crippen molar-refractivity contribution in [3.05, 3.63) is 22.7 Å². The summed E-state index contributed by atoms with van der Waals surface area (Å²) in [5, 5.41) is 0.685. The maximum Gasteiger partial charge on any atom is 0.0272 e. The van der Waals surface area contributed by atoms with E-state index in [-0.39, 0.29) is 0 Å². The van der Waals surface area contributed by atoms with Gasteiger partial charge in [-0.3, -0.25) is 0 Å². The molecular formula is C7H9BrS. The zero-order chi connectivity index (χ0) is 6.69. The second kappa shape index (κ2) is 3.47. The fourth-order valence-electron chi connectivity index (χ4n) is 0.774. The molecule has 0 amide bonds. The van der Waals surface area contributed by atoms with E-state index in [0.29, 0.717) is 5.25 Å². The van der Waals surface area contributed by atoms with Crippen LogP contribution in [-0.4, -0.2) is 11.5 Å². The summed E-state index contributed by atoms with van der Waals surface area (Å²) in [6.07, 6.45) is 9.73. The molecule has 0 nitrogen and oxygen atoms in total. The Morgan fingerprint density at radius 2 is 2.56 bits per heavy atom. The highest BCUT2D eigenvalue weighted by molar-refractivity contribution is 9.11. The topological polar surface area (TPSA) is 0 Å². The van der Waals surface area contributed by atoms with Crippen LogP contribution in [0.25, 0.3) is 0 Å². The highest BCUT2D eigenvalue weighted by atomic mass is 79.9. The lowest BCUT2D eigenvalue weighted by atomic mass is 10.2. The van der Waals surface area contributed by atoms with Crippen molar-refractivity contribution >= 4 is 27.7 Å². The molecule has 2 heteroatoms. The molecule has 0 N–H and O–H groups in total. The molecule has 1 rings (SSSR count). The monoisotopic (exact) mass is 204 g/mol. The van der Waals surface area contributed by atoms with Gasteiger partial charge in [-0.1, -0.05) is 34.2 Å². The molecule has 0 spiro atoms. The maximum atomic E-state index is 3.47. The first-order chi connectivity index (χ1) is 4.33. The van der Waals surface area contributed by atoms with Gasteiger partial charge in [-0.15, -0.1) is 0 Å². The molecule has 0 aliphatic heterocycles. The van der Waals surface area contributed by atoms with Crippen molar-refractivity contribution in [1.29, 1.82) is 0 Å². The molecule has 9 heavy (non-hydrogen) atoms. The fourth-order valence-corrected chi connectivity index (χ4v) is 2.08. The number of hydrogen-bond acceptors (Lipinski definition) is 1. The minimum atomic E-state index is 0.685. The van der Waals surface area contributed by atoms with Gasteiger partial charge in [0.15, 0.2) is 0 Å². The first kappa shape index (κ1) is 7.42. The van der Waals surface area contributed by atoms with Crippen LogP contribution in [0.3, 0.4) is 0 Å². The molecule has 0 heterocycles. The Labute approximate surface area is 68.5 Å². The normalized spacial score (nSPS) is 26.0. The third-order valence-electron chi connectivity index (χ3n) is 1.30. The third kappa shape index (κ3) is 2.18. The molecule has 1 unspecified atom stereocenters. The van der Waals surface area contributed by atoms with Crippen LogP contribution in [0.2, 0.25) is 0 Å². The first-order valence-electron chi connectivity index (χ1n) is 2.88. The van der Waals surface area contributed by atoms with Crippen LogP contribution in [0.4, 0.5) is 0 Å². The molecule has 0 saturated heterocycles. The Morgan fingerprint density at radius 3 is 3.00 bits per heavy atom. The quantitative estimate of drug-likeness (QED) is 0.634. The Hall–Kier alpha value is 0.310. The summed E-state index contributed by atoms with van der Waals surface area (Å²) in [4.78, 5) is 0. The van der Waals surface area contributed by atoms with E-state index in [0.717, 1.165) is 6.42 Å². The lowest BCUT2D eigenvalue weighted by molar-refractivity contribution is 1.05. The van der Waals surface area contributed by atoms with Crippen LogP contribution in [0, 0.1) is 0 Å². The van der Waals surface area contributed by atoms with Crippen LogP contribution < -0.4 is 0 Å². The predicted octanol–water partition coefficient (Wildman–Crippen LogP) is 2.96. The van der Waals surface area contributed by atoms with Crippen molar-refractivity contribution < 1.29 is 0 Å². The highest BCUT2D eigenvalue weighted by Crippen LogP contribution is 2.24. The lowest BCUT2D eigenvalue weighted by Crippen LogP contribution is -1.99. The average Bonchev–Trinajstić information content (AvgIpc) is 1.88. The minimum absolute atomic E-state index is 0.685. The van der Waals surface area contributed by atoms with E-state index in [1.54, 1.807) is 0 Å². The Kier molecular flexibility index (Phi) is 2.86. The van der Waals surface area contributed by atoms with E-state index in [1.807, 2.05) is 11.8 Å². The summed E-state index contributed by atoms with van der Waals surface area (Å²) < 4.78 is 1.31. The first-order valence-corrected chi connectivity index (χ1v) is 4.96. The van der Waals surface area contributed by atoms with Gasteiger partial charge in [-0.05, 0) is 17.2 Å². The van der Waals surface area contributed by atoms with Gasteiger partial charge >= 0.3 is 0 Å². The van der Waals surface area contributed by atoms with Crippen molar-refractivity contribution in [2.75, 3.05) is 6.26 Å². The molecule has 0 aromatic carbocycles. The molecule has 0 saturated carbocycles. The standard InChI is InChI=1S/C7H9BrS/c1-9-7-4-2-3-6(8)5-7/h2-4,7H,5H2,1H3. The second-order valence-electron chi connectivity index (χ2n) is 1.98. The minimum Gasteiger partial charge on any atom is -0.157 e. The SMILES string of the molecule is CSC1C=CC=C(Br)C1. The van der Waals surface area contributed by atoms with Gasteiger partial charge in [0.1, 0.15) is 0 Å². The summed E-state index contributed by atoms with van der Waals surface area (Å²) in [6, 6.07) is 0.